The number of rotatable bonds is 0. The molecule has 7 heavy (non-hydrogen) atoms. The molecule has 1 aliphatic heterocycles. The average Bonchev–Trinajstić information content (AvgIpc) is 1.84. The first-order valence-corrected chi connectivity index (χ1v) is 3.54. The predicted octanol–water partition coefficient (Wildman–Crippen LogP) is 1.06. The quantitative estimate of drug-likeness (QED) is 0.509. The molecule has 0 saturated carbocycles. The van der Waals surface area contributed by atoms with Gasteiger partial charge in [0.1, 0.15) is 0 Å². The van der Waals surface area contributed by atoms with Gasteiger partial charge in [0.05, 0.1) is 0 Å². The van der Waals surface area contributed by atoms with E-state index in [1.165, 1.54) is 0 Å². The van der Waals surface area contributed by atoms with Gasteiger partial charge in [0, 0.05) is 17.2 Å². The van der Waals surface area contributed by atoms with Gasteiger partial charge in [-0.05, 0) is 13.8 Å². The summed E-state index contributed by atoms with van der Waals surface area (Å²) in [6.07, 6.45) is 0. The summed E-state index contributed by atoms with van der Waals surface area (Å²) < 4.78 is 0.500. The largest absolute Gasteiger partial charge is 0.306 e. The topological polar surface area (TPSA) is 12.0 Å². The lowest BCUT2D eigenvalue weighted by Gasteiger charge is -2.11. The highest BCUT2D eigenvalue weighted by molar-refractivity contribution is 8.00. The van der Waals surface area contributed by atoms with Crippen molar-refractivity contribution in [2.45, 2.75) is 18.6 Å². The normalized spacial score (nSPS) is 28.3. The highest BCUT2D eigenvalue weighted by Crippen LogP contribution is 2.26. The Bertz CT molecular complexity index is 62.5. The van der Waals surface area contributed by atoms with E-state index < -0.39 is 0 Å². The molecule has 42 valence electrons. The summed E-state index contributed by atoms with van der Waals surface area (Å²) in [5.41, 5.74) is 0. The Morgan fingerprint density at radius 1 is 1.57 bits per heavy atom. The molecule has 0 atom stereocenters. The van der Waals surface area contributed by atoms with Crippen molar-refractivity contribution in [3.63, 3.8) is 0 Å². The number of hydrogen-bond donors (Lipinski definition) is 1. The Morgan fingerprint density at radius 2 is 2.29 bits per heavy atom. The van der Waals surface area contributed by atoms with E-state index in [2.05, 4.69) is 19.2 Å². The summed E-state index contributed by atoms with van der Waals surface area (Å²) in [5, 5.41) is 3.28. The molecular weight excluding hydrogens is 106 g/mol. The molecule has 0 amide bonds. The van der Waals surface area contributed by atoms with E-state index >= 15 is 0 Å². The van der Waals surface area contributed by atoms with E-state index in [0.29, 0.717) is 4.75 Å². The molecule has 0 radical (unpaired) electrons. The minimum atomic E-state index is 0.500. The monoisotopic (exact) mass is 117 g/mol. The van der Waals surface area contributed by atoms with E-state index in [-0.39, 0.29) is 0 Å². The van der Waals surface area contributed by atoms with Gasteiger partial charge in [0.2, 0.25) is 0 Å². The highest BCUT2D eigenvalue weighted by Gasteiger charge is 2.22. The number of hydrogen-bond acceptors (Lipinski definition) is 2. The SMILES string of the molecule is CC1(C)CNCS1. The van der Waals surface area contributed by atoms with Crippen LogP contribution >= 0.6 is 11.8 Å². The number of thioether (sulfide) groups is 1. The molecule has 1 aliphatic rings. The van der Waals surface area contributed by atoms with Crippen LogP contribution < -0.4 is 5.32 Å². The van der Waals surface area contributed by atoms with Gasteiger partial charge in [-0.1, -0.05) is 0 Å². The van der Waals surface area contributed by atoms with Gasteiger partial charge in [-0.2, -0.15) is 0 Å². The molecule has 0 spiro atoms. The van der Waals surface area contributed by atoms with E-state index in [1.54, 1.807) is 0 Å². The first-order chi connectivity index (χ1) is 3.21. The molecule has 0 aromatic rings. The van der Waals surface area contributed by atoms with Crippen LogP contribution in [0.5, 0.6) is 0 Å². The molecule has 0 aromatic heterocycles. The summed E-state index contributed by atoms with van der Waals surface area (Å²) in [4.78, 5) is 0. The minimum absolute atomic E-state index is 0.500. The zero-order valence-electron chi connectivity index (χ0n) is 4.82. The second-order valence-electron chi connectivity index (χ2n) is 2.48. The Kier molecular flexibility index (Phi) is 1.30. The summed E-state index contributed by atoms with van der Waals surface area (Å²) >= 11 is 1.99. The van der Waals surface area contributed by atoms with Crippen molar-refractivity contribution in [2.24, 2.45) is 0 Å². The molecule has 0 unspecified atom stereocenters. The van der Waals surface area contributed by atoms with E-state index in [9.17, 15) is 0 Å². The van der Waals surface area contributed by atoms with Crippen molar-refractivity contribution in [1.82, 2.24) is 5.32 Å². The molecule has 0 aliphatic carbocycles. The van der Waals surface area contributed by atoms with E-state index in [4.69, 9.17) is 0 Å². The molecule has 1 nitrogen and oxygen atoms in total. The van der Waals surface area contributed by atoms with Gasteiger partial charge in [-0.3, -0.25) is 0 Å². The lowest BCUT2D eigenvalue weighted by atomic mass is 10.2. The Hall–Kier alpha value is 0.310. The van der Waals surface area contributed by atoms with Gasteiger partial charge in [-0.25, -0.2) is 0 Å². The summed E-state index contributed by atoms with van der Waals surface area (Å²) in [5.74, 6) is 1.13. The number of nitrogens with one attached hydrogen (secondary N) is 1. The fourth-order valence-corrected chi connectivity index (χ4v) is 1.45. The molecular formula is C5H11NS. The van der Waals surface area contributed by atoms with Crippen molar-refractivity contribution < 1.29 is 0 Å². The lowest BCUT2D eigenvalue weighted by Crippen LogP contribution is -2.20. The summed E-state index contributed by atoms with van der Waals surface area (Å²) in [6.45, 7) is 5.69. The van der Waals surface area contributed by atoms with Crippen LogP contribution in [0.4, 0.5) is 0 Å². The standard InChI is InChI=1S/C5H11NS/c1-5(2)3-6-4-7-5/h6H,3-4H2,1-2H3. The van der Waals surface area contributed by atoms with Gasteiger partial charge in [0.25, 0.3) is 0 Å². The minimum Gasteiger partial charge on any atom is -0.306 e. The van der Waals surface area contributed by atoms with Crippen molar-refractivity contribution in [3.8, 4) is 0 Å². The first-order valence-electron chi connectivity index (χ1n) is 2.55. The Morgan fingerprint density at radius 3 is 2.43 bits per heavy atom. The second kappa shape index (κ2) is 1.67. The second-order valence-corrected chi connectivity index (χ2v) is 4.16. The van der Waals surface area contributed by atoms with Crippen LogP contribution in [-0.4, -0.2) is 17.2 Å². The Labute approximate surface area is 48.9 Å². The van der Waals surface area contributed by atoms with Crippen molar-refractivity contribution in [1.29, 1.82) is 0 Å². The molecule has 1 saturated heterocycles. The van der Waals surface area contributed by atoms with E-state index in [1.807, 2.05) is 11.8 Å². The van der Waals surface area contributed by atoms with Gasteiger partial charge >= 0.3 is 0 Å². The maximum atomic E-state index is 3.28. The fraction of sp³-hybridized carbons (Fsp3) is 1.00. The third-order valence-electron chi connectivity index (χ3n) is 1.12. The lowest BCUT2D eigenvalue weighted by molar-refractivity contribution is 0.674. The van der Waals surface area contributed by atoms with Crippen LogP contribution in [0.1, 0.15) is 13.8 Å². The van der Waals surface area contributed by atoms with Crippen LogP contribution in [0, 0.1) is 0 Å². The van der Waals surface area contributed by atoms with Gasteiger partial charge in [-0.15, -0.1) is 11.8 Å². The van der Waals surface area contributed by atoms with Crippen molar-refractivity contribution in [3.05, 3.63) is 0 Å². The highest BCUT2D eigenvalue weighted by atomic mass is 32.2. The zero-order chi connectivity index (χ0) is 5.33. The summed E-state index contributed by atoms with van der Waals surface area (Å²) in [6, 6.07) is 0. The molecule has 1 N–H and O–H groups in total. The smallest absolute Gasteiger partial charge is 0.0424 e. The molecule has 2 heteroatoms. The van der Waals surface area contributed by atoms with E-state index in [0.717, 1.165) is 12.4 Å². The van der Waals surface area contributed by atoms with Gasteiger partial charge in [0.15, 0.2) is 0 Å². The molecule has 1 fully saturated rings. The maximum Gasteiger partial charge on any atom is 0.0424 e. The van der Waals surface area contributed by atoms with Crippen molar-refractivity contribution >= 4 is 11.8 Å². The average molecular weight is 117 g/mol. The van der Waals surface area contributed by atoms with Gasteiger partial charge < -0.3 is 5.32 Å². The van der Waals surface area contributed by atoms with Crippen molar-refractivity contribution in [2.75, 3.05) is 12.4 Å². The van der Waals surface area contributed by atoms with Crippen LogP contribution in [0.25, 0.3) is 0 Å². The third-order valence-corrected chi connectivity index (χ3v) is 2.39. The summed E-state index contributed by atoms with van der Waals surface area (Å²) in [7, 11) is 0. The molecule has 0 bridgehead atoms. The predicted molar refractivity (Wildman–Crippen MR) is 34.5 cm³/mol. The van der Waals surface area contributed by atoms with Crippen LogP contribution in [-0.2, 0) is 0 Å². The first kappa shape index (κ1) is 5.45. The zero-order valence-corrected chi connectivity index (χ0v) is 5.64. The fourth-order valence-electron chi connectivity index (χ4n) is 0.649. The molecule has 1 rings (SSSR count). The van der Waals surface area contributed by atoms with Crippen LogP contribution in [0.15, 0.2) is 0 Å². The molecule has 0 aromatic carbocycles. The van der Waals surface area contributed by atoms with Crippen LogP contribution in [0.3, 0.4) is 0 Å². The molecule has 1 heterocycles. The van der Waals surface area contributed by atoms with Crippen LogP contribution in [0.2, 0.25) is 0 Å². The Balaban J connectivity index is 2.40. The maximum absolute atomic E-state index is 3.28. The third kappa shape index (κ3) is 1.35.